The second-order valence-corrected chi connectivity index (χ2v) is 4.76. The smallest absolute Gasteiger partial charge is 0.328 e. The van der Waals surface area contributed by atoms with E-state index in [-0.39, 0.29) is 19.1 Å². The summed E-state index contributed by atoms with van der Waals surface area (Å²) in [5.74, 6) is -1.38. The first-order chi connectivity index (χ1) is 9.05. The molecule has 1 fully saturated rings. The first-order valence-electron chi connectivity index (χ1n) is 6.27. The van der Waals surface area contributed by atoms with E-state index in [0.717, 1.165) is 19.3 Å². The number of ether oxygens (including phenoxy) is 2. The molecule has 2 N–H and O–H groups in total. The molecule has 1 amide bonds. The molecule has 1 saturated carbocycles. The normalized spacial score (nSPS) is 18.2. The number of carboxylic acid groups (broad SMARTS) is 1. The lowest BCUT2D eigenvalue weighted by molar-refractivity contribution is -0.149. The molecule has 108 valence electrons. The van der Waals surface area contributed by atoms with Crippen molar-refractivity contribution >= 4 is 11.9 Å². The van der Waals surface area contributed by atoms with E-state index in [2.05, 4.69) is 11.9 Å². The molecule has 1 aliphatic carbocycles. The van der Waals surface area contributed by atoms with Crippen molar-refractivity contribution in [3.05, 3.63) is 12.7 Å². The summed E-state index contributed by atoms with van der Waals surface area (Å²) in [7, 11) is 1.54. The van der Waals surface area contributed by atoms with Crippen LogP contribution in [-0.4, -0.2) is 50.0 Å². The van der Waals surface area contributed by atoms with Gasteiger partial charge in [0.05, 0.1) is 25.2 Å². The van der Waals surface area contributed by atoms with Crippen LogP contribution < -0.4 is 5.32 Å². The largest absolute Gasteiger partial charge is 0.480 e. The van der Waals surface area contributed by atoms with Crippen molar-refractivity contribution in [2.24, 2.45) is 5.41 Å². The van der Waals surface area contributed by atoms with Gasteiger partial charge < -0.3 is 19.9 Å². The van der Waals surface area contributed by atoms with E-state index in [0.29, 0.717) is 6.61 Å². The van der Waals surface area contributed by atoms with Crippen LogP contribution in [0.4, 0.5) is 0 Å². The van der Waals surface area contributed by atoms with Crippen LogP contribution in [0, 0.1) is 5.41 Å². The van der Waals surface area contributed by atoms with E-state index in [4.69, 9.17) is 14.6 Å². The summed E-state index contributed by atoms with van der Waals surface area (Å²) in [4.78, 5) is 23.2. The fourth-order valence-corrected chi connectivity index (χ4v) is 2.07. The number of aliphatic carboxylic acids is 1. The fourth-order valence-electron chi connectivity index (χ4n) is 2.07. The number of hydrogen-bond donors (Lipinski definition) is 2. The summed E-state index contributed by atoms with van der Waals surface area (Å²) in [5, 5.41) is 11.6. The first kappa shape index (κ1) is 15.7. The van der Waals surface area contributed by atoms with Gasteiger partial charge in [-0.15, -0.1) is 6.58 Å². The van der Waals surface area contributed by atoms with Crippen LogP contribution >= 0.6 is 0 Å². The van der Waals surface area contributed by atoms with Gasteiger partial charge >= 0.3 is 5.97 Å². The summed E-state index contributed by atoms with van der Waals surface area (Å²) in [6.07, 6.45) is 3.94. The highest BCUT2D eigenvalue weighted by Crippen LogP contribution is 2.41. The summed E-state index contributed by atoms with van der Waals surface area (Å²) < 4.78 is 10.1. The Morgan fingerprint density at radius 3 is 2.63 bits per heavy atom. The SMILES string of the molecule is C=CCOCC(NC(=O)C1(COC)CCC1)C(=O)O. The molecule has 1 rings (SSSR count). The molecule has 0 radical (unpaired) electrons. The van der Waals surface area contributed by atoms with Gasteiger partial charge in [-0.3, -0.25) is 4.79 Å². The van der Waals surface area contributed by atoms with Crippen molar-refractivity contribution in [1.29, 1.82) is 0 Å². The average Bonchev–Trinajstić information content (AvgIpc) is 2.32. The summed E-state index contributed by atoms with van der Waals surface area (Å²) in [5.41, 5.74) is -0.569. The van der Waals surface area contributed by atoms with Gasteiger partial charge in [0.25, 0.3) is 0 Å². The Kier molecular flexibility index (Phi) is 5.98. The van der Waals surface area contributed by atoms with Crippen LogP contribution in [0.3, 0.4) is 0 Å². The van der Waals surface area contributed by atoms with Gasteiger partial charge in [0.1, 0.15) is 0 Å². The van der Waals surface area contributed by atoms with Crippen molar-refractivity contribution < 1.29 is 24.2 Å². The molecule has 0 aromatic heterocycles. The Morgan fingerprint density at radius 2 is 2.21 bits per heavy atom. The zero-order valence-electron chi connectivity index (χ0n) is 11.2. The highest BCUT2D eigenvalue weighted by molar-refractivity contribution is 5.88. The lowest BCUT2D eigenvalue weighted by Gasteiger charge is -2.40. The van der Waals surface area contributed by atoms with Gasteiger partial charge in [-0.1, -0.05) is 12.5 Å². The van der Waals surface area contributed by atoms with Crippen LogP contribution in [0.5, 0.6) is 0 Å². The lowest BCUT2D eigenvalue weighted by atomic mass is 9.68. The van der Waals surface area contributed by atoms with Gasteiger partial charge in [-0.25, -0.2) is 4.79 Å². The molecule has 0 aromatic carbocycles. The number of methoxy groups -OCH3 is 1. The van der Waals surface area contributed by atoms with Gasteiger partial charge in [0.15, 0.2) is 6.04 Å². The van der Waals surface area contributed by atoms with E-state index in [1.807, 2.05) is 0 Å². The Bertz CT molecular complexity index is 338. The molecular formula is C13H21NO5. The molecule has 0 bridgehead atoms. The monoisotopic (exact) mass is 271 g/mol. The van der Waals surface area contributed by atoms with E-state index >= 15 is 0 Å². The highest BCUT2D eigenvalue weighted by atomic mass is 16.5. The van der Waals surface area contributed by atoms with Crippen molar-refractivity contribution in [3.8, 4) is 0 Å². The molecule has 0 heterocycles. The average molecular weight is 271 g/mol. The number of amides is 1. The molecular weight excluding hydrogens is 250 g/mol. The van der Waals surface area contributed by atoms with E-state index in [1.165, 1.54) is 13.2 Å². The number of rotatable bonds is 9. The quantitative estimate of drug-likeness (QED) is 0.473. The zero-order chi connectivity index (χ0) is 14.3. The second kappa shape index (κ2) is 7.25. The molecule has 0 saturated heterocycles. The van der Waals surface area contributed by atoms with Crippen molar-refractivity contribution in [3.63, 3.8) is 0 Å². The van der Waals surface area contributed by atoms with Crippen LogP contribution in [0.25, 0.3) is 0 Å². The van der Waals surface area contributed by atoms with E-state index in [1.54, 1.807) is 0 Å². The molecule has 1 unspecified atom stereocenters. The summed E-state index contributed by atoms with van der Waals surface area (Å²) in [6.45, 7) is 3.97. The molecule has 0 aromatic rings. The molecule has 6 heteroatoms. The molecule has 0 aliphatic heterocycles. The Labute approximate surface area is 112 Å². The summed E-state index contributed by atoms with van der Waals surface area (Å²) in [6, 6.07) is -1.04. The topological polar surface area (TPSA) is 84.9 Å². The van der Waals surface area contributed by atoms with Crippen molar-refractivity contribution in [1.82, 2.24) is 5.32 Å². The number of hydrogen-bond acceptors (Lipinski definition) is 4. The summed E-state index contributed by atoms with van der Waals surface area (Å²) >= 11 is 0. The molecule has 0 spiro atoms. The van der Waals surface area contributed by atoms with Crippen molar-refractivity contribution in [2.75, 3.05) is 26.9 Å². The third-order valence-electron chi connectivity index (χ3n) is 3.34. The fraction of sp³-hybridized carbons (Fsp3) is 0.692. The van der Waals surface area contributed by atoms with Crippen LogP contribution in [0.15, 0.2) is 12.7 Å². The lowest BCUT2D eigenvalue weighted by Crippen LogP contribution is -2.54. The maximum absolute atomic E-state index is 12.2. The molecule has 19 heavy (non-hydrogen) atoms. The van der Waals surface area contributed by atoms with Gasteiger partial charge in [-0.05, 0) is 12.8 Å². The number of carboxylic acids is 1. The minimum absolute atomic E-state index is 0.0733. The van der Waals surface area contributed by atoms with Crippen molar-refractivity contribution in [2.45, 2.75) is 25.3 Å². The Morgan fingerprint density at radius 1 is 1.53 bits per heavy atom. The van der Waals surface area contributed by atoms with Crippen LogP contribution in [0.2, 0.25) is 0 Å². The first-order valence-corrected chi connectivity index (χ1v) is 6.27. The van der Waals surface area contributed by atoms with Gasteiger partial charge in [0.2, 0.25) is 5.91 Å². The van der Waals surface area contributed by atoms with Crippen LogP contribution in [0.1, 0.15) is 19.3 Å². The molecule has 6 nitrogen and oxygen atoms in total. The second-order valence-electron chi connectivity index (χ2n) is 4.76. The third-order valence-corrected chi connectivity index (χ3v) is 3.34. The van der Waals surface area contributed by atoms with Gasteiger partial charge in [0, 0.05) is 7.11 Å². The zero-order valence-corrected chi connectivity index (χ0v) is 11.2. The Hall–Kier alpha value is -1.40. The Balaban J connectivity index is 2.55. The standard InChI is InChI=1S/C13H21NO5/c1-3-7-19-8-10(11(15)16)14-12(17)13(9-18-2)5-4-6-13/h3,10H,1,4-9H2,2H3,(H,14,17)(H,15,16). The maximum Gasteiger partial charge on any atom is 0.328 e. The van der Waals surface area contributed by atoms with E-state index < -0.39 is 17.4 Å². The third kappa shape index (κ3) is 4.04. The molecule has 1 aliphatic rings. The van der Waals surface area contributed by atoms with Crippen LogP contribution in [-0.2, 0) is 19.1 Å². The number of carbonyl (C=O) groups is 2. The maximum atomic E-state index is 12.2. The van der Waals surface area contributed by atoms with Gasteiger partial charge in [-0.2, -0.15) is 0 Å². The number of nitrogens with one attached hydrogen (secondary N) is 1. The number of carbonyl (C=O) groups excluding carboxylic acids is 1. The highest BCUT2D eigenvalue weighted by Gasteiger charge is 2.45. The molecule has 1 atom stereocenters. The minimum atomic E-state index is -1.11. The predicted molar refractivity (Wildman–Crippen MR) is 68.7 cm³/mol. The predicted octanol–water partition coefficient (Wildman–Crippen LogP) is 0.575. The van der Waals surface area contributed by atoms with E-state index in [9.17, 15) is 9.59 Å². The minimum Gasteiger partial charge on any atom is -0.480 e.